The second kappa shape index (κ2) is 5.66. The number of aryl methyl sites for hydroxylation is 2. The smallest absolute Gasteiger partial charge is 0.317 e. The van der Waals surface area contributed by atoms with E-state index in [4.69, 9.17) is 0 Å². The van der Waals surface area contributed by atoms with Gasteiger partial charge >= 0.3 is 5.69 Å². The van der Waals surface area contributed by atoms with Crippen molar-refractivity contribution >= 4 is 0 Å². The molecule has 0 fully saturated rings. The average Bonchev–Trinajstić information content (AvgIpc) is 2.23. The lowest BCUT2D eigenvalue weighted by Gasteiger charge is -2.10. The third-order valence-corrected chi connectivity index (χ3v) is 2.51. The van der Waals surface area contributed by atoms with Crippen molar-refractivity contribution in [1.82, 2.24) is 14.9 Å². The van der Waals surface area contributed by atoms with Crippen molar-refractivity contribution in [3.63, 3.8) is 0 Å². The number of hydrogen-bond acceptors (Lipinski definition) is 3. The highest BCUT2D eigenvalue weighted by Gasteiger charge is 2.00. The Hall–Kier alpha value is -1.16. The number of rotatable bonds is 5. The first-order chi connectivity index (χ1) is 7.13. The number of aromatic nitrogens is 2. The maximum Gasteiger partial charge on any atom is 0.347 e. The summed E-state index contributed by atoms with van der Waals surface area (Å²) < 4.78 is 1.68. The molecule has 84 valence electrons. The van der Waals surface area contributed by atoms with Gasteiger partial charge in [0.2, 0.25) is 0 Å². The molecule has 0 amide bonds. The molecule has 0 bridgehead atoms. The van der Waals surface area contributed by atoms with Gasteiger partial charge in [0.05, 0.1) is 0 Å². The summed E-state index contributed by atoms with van der Waals surface area (Å²) in [6, 6.07) is 0.499. The van der Waals surface area contributed by atoms with Gasteiger partial charge in [0.1, 0.15) is 0 Å². The fourth-order valence-electron chi connectivity index (χ4n) is 1.44. The third kappa shape index (κ3) is 3.83. The Morgan fingerprint density at radius 1 is 1.60 bits per heavy atom. The second-order valence-corrected chi connectivity index (χ2v) is 3.94. The van der Waals surface area contributed by atoms with Crippen molar-refractivity contribution in [2.45, 2.75) is 39.3 Å². The van der Waals surface area contributed by atoms with Crippen molar-refractivity contribution in [3.05, 3.63) is 28.4 Å². The van der Waals surface area contributed by atoms with Gasteiger partial charge in [0.15, 0.2) is 0 Å². The van der Waals surface area contributed by atoms with E-state index in [0.29, 0.717) is 6.04 Å². The molecule has 4 heteroatoms. The van der Waals surface area contributed by atoms with Crippen LogP contribution in [0.1, 0.15) is 25.3 Å². The van der Waals surface area contributed by atoms with E-state index in [1.54, 1.807) is 10.8 Å². The van der Waals surface area contributed by atoms with Crippen LogP contribution in [0.3, 0.4) is 0 Å². The van der Waals surface area contributed by atoms with Gasteiger partial charge in [-0.15, -0.1) is 0 Å². The van der Waals surface area contributed by atoms with Crippen LogP contribution in [0.4, 0.5) is 0 Å². The molecule has 0 saturated carbocycles. The molecule has 4 nitrogen and oxygen atoms in total. The molecule has 1 atom stereocenters. The van der Waals surface area contributed by atoms with Gasteiger partial charge in [-0.1, -0.05) is 0 Å². The summed E-state index contributed by atoms with van der Waals surface area (Å²) in [5.41, 5.74) is 0.869. The summed E-state index contributed by atoms with van der Waals surface area (Å²) in [6.07, 6.45) is 5.53. The molecule has 0 radical (unpaired) electrons. The average molecular weight is 209 g/mol. The number of nitrogens with zero attached hydrogens (tertiary/aromatic N) is 2. The maximum absolute atomic E-state index is 11.4. The topological polar surface area (TPSA) is 46.9 Å². The van der Waals surface area contributed by atoms with Crippen molar-refractivity contribution in [3.8, 4) is 0 Å². The first-order valence-corrected chi connectivity index (χ1v) is 5.34. The molecule has 1 rings (SSSR count). The van der Waals surface area contributed by atoms with E-state index in [-0.39, 0.29) is 5.69 Å². The minimum atomic E-state index is -0.155. The van der Waals surface area contributed by atoms with Crippen molar-refractivity contribution in [2.24, 2.45) is 0 Å². The van der Waals surface area contributed by atoms with Gasteiger partial charge in [-0.3, -0.25) is 4.57 Å². The van der Waals surface area contributed by atoms with Crippen LogP contribution in [0.25, 0.3) is 0 Å². The van der Waals surface area contributed by atoms with Gasteiger partial charge in [-0.05, 0) is 39.3 Å². The first kappa shape index (κ1) is 11.9. The molecule has 1 N–H and O–H groups in total. The van der Waals surface area contributed by atoms with E-state index >= 15 is 0 Å². The summed E-state index contributed by atoms with van der Waals surface area (Å²) >= 11 is 0. The van der Waals surface area contributed by atoms with Crippen LogP contribution >= 0.6 is 0 Å². The highest BCUT2D eigenvalue weighted by Crippen LogP contribution is 1.98. The highest BCUT2D eigenvalue weighted by atomic mass is 16.1. The van der Waals surface area contributed by atoms with Crippen LogP contribution in [0.15, 0.2) is 17.2 Å². The molecule has 0 spiro atoms. The summed E-state index contributed by atoms with van der Waals surface area (Å²) in [4.78, 5) is 15.1. The quantitative estimate of drug-likeness (QED) is 0.785. The highest BCUT2D eigenvalue weighted by molar-refractivity contribution is 4.99. The van der Waals surface area contributed by atoms with Crippen LogP contribution in [0.5, 0.6) is 0 Å². The predicted molar refractivity (Wildman–Crippen MR) is 61.0 cm³/mol. The molecule has 0 saturated heterocycles. The standard InChI is InChI=1S/C11H19N3O/c1-9-7-13-11(15)14(8-9)6-4-5-10(2)12-3/h7-8,10,12H,4-6H2,1-3H3. The molecule has 1 unspecified atom stereocenters. The molecule has 1 heterocycles. The molecule has 0 aliphatic rings. The van der Waals surface area contributed by atoms with E-state index < -0.39 is 0 Å². The third-order valence-electron chi connectivity index (χ3n) is 2.51. The monoisotopic (exact) mass is 209 g/mol. The van der Waals surface area contributed by atoms with E-state index in [9.17, 15) is 4.79 Å². The Balaban J connectivity index is 2.50. The van der Waals surface area contributed by atoms with Crippen LogP contribution in [-0.2, 0) is 6.54 Å². The van der Waals surface area contributed by atoms with Crippen LogP contribution in [0, 0.1) is 6.92 Å². The molecule has 0 aliphatic carbocycles. The zero-order valence-electron chi connectivity index (χ0n) is 9.66. The van der Waals surface area contributed by atoms with Crippen molar-refractivity contribution in [1.29, 1.82) is 0 Å². The lowest BCUT2D eigenvalue weighted by molar-refractivity contribution is 0.498. The maximum atomic E-state index is 11.4. The molecule has 1 aromatic rings. The molecular formula is C11H19N3O. The molecule has 0 aliphatic heterocycles. The molecule has 0 aromatic carbocycles. The van der Waals surface area contributed by atoms with E-state index in [1.807, 2.05) is 20.2 Å². The lowest BCUT2D eigenvalue weighted by atomic mass is 10.2. The lowest BCUT2D eigenvalue weighted by Crippen LogP contribution is -2.25. The fourth-order valence-corrected chi connectivity index (χ4v) is 1.44. The number of nitrogens with one attached hydrogen (secondary N) is 1. The summed E-state index contributed by atoms with van der Waals surface area (Å²) in [5.74, 6) is 0. The van der Waals surface area contributed by atoms with Gasteiger partial charge < -0.3 is 5.32 Å². The Labute approximate surface area is 90.3 Å². The zero-order chi connectivity index (χ0) is 11.3. The minimum Gasteiger partial charge on any atom is -0.317 e. The minimum absolute atomic E-state index is 0.155. The zero-order valence-corrected chi connectivity index (χ0v) is 9.66. The van der Waals surface area contributed by atoms with Gasteiger partial charge in [0.25, 0.3) is 0 Å². The molecule has 1 aromatic heterocycles. The van der Waals surface area contributed by atoms with Crippen LogP contribution < -0.4 is 11.0 Å². The van der Waals surface area contributed by atoms with E-state index in [2.05, 4.69) is 17.2 Å². The fraction of sp³-hybridized carbons (Fsp3) is 0.636. The summed E-state index contributed by atoms with van der Waals surface area (Å²) in [7, 11) is 1.95. The Morgan fingerprint density at radius 3 is 3.00 bits per heavy atom. The largest absolute Gasteiger partial charge is 0.347 e. The SMILES string of the molecule is CNC(C)CCCn1cc(C)cnc1=O. The molecule has 15 heavy (non-hydrogen) atoms. The molecular weight excluding hydrogens is 190 g/mol. The van der Waals surface area contributed by atoms with Crippen LogP contribution in [0.2, 0.25) is 0 Å². The summed E-state index contributed by atoms with van der Waals surface area (Å²) in [6.45, 7) is 4.83. The predicted octanol–water partition coefficient (Wildman–Crippen LogP) is 0.940. The number of hydrogen-bond donors (Lipinski definition) is 1. The van der Waals surface area contributed by atoms with E-state index in [1.165, 1.54) is 0 Å². The van der Waals surface area contributed by atoms with Crippen molar-refractivity contribution < 1.29 is 0 Å². The Bertz CT molecular complexity index is 359. The Morgan fingerprint density at radius 2 is 2.33 bits per heavy atom. The summed E-state index contributed by atoms with van der Waals surface area (Å²) in [5, 5.41) is 3.17. The normalized spacial score (nSPS) is 12.7. The van der Waals surface area contributed by atoms with Gasteiger partial charge in [-0.25, -0.2) is 9.78 Å². The van der Waals surface area contributed by atoms with Crippen LogP contribution in [-0.4, -0.2) is 22.6 Å². The Kier molecular flexibility index (Phi) is 4.49. The van der Waals surface area contributed by atoms with E-state index in [0.717, 1.165) is 24.9 Å². The second-order valence-electron chi connectivity index (χ2n) is 3.94. The first-order valence-electron chi connectivity index (χ1n) is 5.34. The van der Waals surface area contributed by atoms with Gasteiger partial charge in [0, 0.05) is 25.0 Å². The van der Waals surface area contributed by atoms with Crippen molar-refractivity contribution in [2.75, 3.05) is 7.05 Å². The van der Waals surface area contributed by atoms with Gasteiger partial charge in [-0.2, -0.15) is 0 Å².